The van der Waals surface area contributed by atoms with Gasteiger partial charge in [-0.3, -0.25) is 4.79 Å². The predicted molar refractivity (Wildman–Crippen MR) is 102 cm³/mol. The second-order valence-electron chi connectivity index (χ2n) is 5.77. The number of aryl methyl sites for hydroxylation is 1. The summed E-state index contributed by atoms with van der Waals surface area (Å²) in [4.78, 5) is 22.2. The average Bonchev–Trinajstić information content (AvgIpc) is 3.27. The van der Waals surface area contributed by atoms with Crippen molar-refractivity contribution in [2.45, 2.75) is 6.92 Å². The van der Waals surface area contributed by atoms with Crippen molar-refractivity contribution in [1.29, 1.82) is 0 Å². The summed E-state index contributed by atoms with van der Waals surface area (Å²) in [7, 11) is 0. The first kappa shape index (κ1) is 15.9. The van der Waals surface area contributed by atoms with Crippen LogP contribution in [0.3, 0.4) is 0 Å². The third-order valence-electron chi connectivity index (χ3n) is 4.31. The molecule has 2 aromatic heterocycles. The molecule has 0 bridgehead atoms. The van der Waals surface area contributed by atoms with Crippen LogP contribution in [0.15, 0.2) is 29.6 Å². The van der Waals surface area contributed by atoms with Crippen LogP contribution in [0.5, 0.6) is 0 Å². The van der Waals surface area contributed by atoms with Crippen LogP contribution in [0.1, 0.15) is 15.2 Å². The van der Waals surface area contributed by atoms with Gasteiger partial charge in [-0.25, -0.2) is 4.98 Å². The van der Waals surface area contributed by atoms with Crippen LogP contribution < -0.4 is 4.90 Å². The molecule has 1 fully saturated rings. The van der Waals surface area contributed by atoms with Gasteiger partial charge in [0.05, 0.1) is 15.1 Å². The van der Waals surface area contributed by atoms with Crippen LogP contribution in [-0.2, 0) is 0 Å². The Morgan fingerprint density at radius 3 is 2.71 bits per heavy atom. The molecular weight excluding hydrogens is 362 g/mol. The first-order valence-electron chi connectivity index (χ1n) is 7.77. The second-order valence-corrected chi connectivity index (χ2v) is 8.14. The van der Waals surface area contributed by atoms with Gasteiger partial charge in [0.25, 0.3) is 5.91 Å². The highest BCUT2D eigenvalue weighted by Gasteiger charge is 2.24. The number of benzene rings is 1. The summed E-state index contributed by atoms with van der Waals surface area (Å²) in [6.45, 7) is 5.08. The summed E-state index contributed by atoms with van der Waals surface area (Å²) in [5, 5.41) is 3.71. The lowest BCUT2D eigenvalue weighted by atomic mass is 10.2. The Bertz CT molecular complexity index is 883. The highest BCUT2D eigenvalue weighted by atomic mass is 35.5. The fraction of sp³-hybridized carbons (Fsp3) is 0.294. The van der Waals surface area contributed by atoms with E-state index in [0.29, 0.717) is 0 Å². The van der Waals surface area contributed by atoms with Crippen molar-refractivity contribution in [2.24, 2.45) is 0 Å². The highest BCUT2D eigenvalue weighted by molar-refractivity contribution is 7.22. The highest BCUT2D eigenvalue weighted by Crippen LogP contribution is 2.33. The lowest BCUT2D eigenvalue weighted by Gasteiger charge is -2.34. The minimum absolute atomic E-state index is 0.136. The zero-order valence-electron chi connectivity index (χ0n) is 13.2. The number of hydrogen-bond donors (Lipinski definition) is 0. The van der Waals surface area contributed by atoms with Crippen molar-refractivity contribution in [1.82, 2.24) is 9.88 Å². The number of carbonyl (C=O) groups excluding carboxylic acids is 1. The summed E-state index contributed by atoms with van der Waals surface area (Å²) in [5.74, 6) is 0.136. The van der Waals surface area contributed by atoms with E-state index in [2.05, 4.69) is 4.90 Å². The minimum atomic E-state index is 0.136. The molecule has 7 heteroatoms. The molecule has 1 aromatic carbocycles. The molecule has 1 saturated heterocycles. The molecule has 0 saturated carbocycles. The maximum Gasteiger partial charge on any atom is 0.264 e. The molecule has 24 heavy (non-hydrogen) atoms. The van der Waals surface area contributed by atoms with Gasteiger partial charge in [0.15, 0.2) is 5.13 Å². The third-order valence-corrected chi connectivity index (χ3v) is 6.65. The van der Waals surface area contributed by atoms with Gasteiger partial charge in [-0.2, -0.15) is 0 Å². The zero-order chi connectivity index (χ0) is 16.7. The van der Waals surface area contributed by atoms with Crippen LogP contribution in [0, 0.1) is 6.92 Å². The average molecular weight is 378 g/mol. The van der Waals surface area contributed by atoms with Crippen LogP contribution in [0.4, 0.5) is 5.13 Å². The Balaban J connectivity index is 1.50. The van der Waals surface area contributed by atoms with Gasteiger partial charge in [0.1, 0.15) is 0 Å². The number of aromatic nitrogens is 1. The number of anilines is 1. The Kier molecular flexibility index (Phi) is 4.20. The normalized spacial score (nSPS) is 15.2. The van der Waals surface area contributed by atoms with E-state index in [1.165, 1.54) is 11.3 Å². The summed E-state index contributed by atoms with van der Waals surface area (Å²) in [6, 6.07) is 7.77. The van der Waals surface area contributed by atoms with Crippen LogP contribution >= 0.6 is 34.3 Å². The molecular formula is C17H16ClN3OS2. The van der Waals surface area contributed by atoms with E-state index in [0.717, 1.165) is 57.0 Å². The van der Waals surface area contributed by atoms with Crippen molar-refractivity contribution in [3.63, 3.8) is 0 Å². The number of amides is 1. The van der Waals surface area contributed by atoms with E-state index >= 15 is 0 Å². The lowest BCUT2D eigenvalue weighted by molar-refractivity contribution is 0.0751. The number of thiophene rings is 1. The SMILES string of the molecule is Cc1c(Cl)ccc2sc(N3CCN(C(=O)c4cccs4)CC3)nc12. The Morgan fingerprint density at radius 1 is 1.21 bits per heavy atom. The summed E-state index contributed by atoms with van der Waals surface area (Å²) in [6.07, 6.45) is 0. The molecule has 0 aliphatic carbocycles. The number of fused-ring (bicyclic) bond motifs is 1. The molecule has 4 rings (SSSR count). The zero-order valence-corrected chi connectivity index (χ0v) is 15.5. The maximum atomic E-state index is 12.4. The molecule has 0 N–H and O–H groups in total. The molecule has 4 nitrogen and oxygen atoms in total. The summed E-state index contributed by atoms with van der Waals surface area (Å²) < 4.78 is 1.16. The molecule has 0 radical (unpaired) electrons. The van der Waals surface area contributed by atoms with E-state index < -0.39 is 0 Å². The first-order valence-corrected chi connectivity index (χ1v) is 9.84. The van der Waals surface area contributed by atoms with E-state index in [9.17, 15) is 4.79 Å². The largest absolute Gasteiger partial charge is 0.345 e. The van der Waals surface area contributed by atoms with Gasteiger partial charge in [-0.1, -0.05) is 29.0 Å². The van der Waals surface area contributed by atoms with E-state index in [1.807, 2.05) is 41.5 Å². The molecule has 124 valence electrons. The Labute approximate surface area is 153 Å². The summed E-state index contributed by atoms with van der Waals surface area (Å²) in [5.41, 5.74) is 2.02. The summed E-state index contributed by atoms with van der Waals surface area (Å²) >= 11 is 9.38. The van der Waals surface area contributed by atoms with Crippen molar-refractivity contribution >= 4 is 55.5 Å². The number of nitrogens with zero attached hydrogens (tertiary/aromatic N) is 3. The molecule has 0 atom stereocenters. The van der Waals surface area contributed by atoms with Gasteiger partial charge in [-0.05, 0) is 36.1 Å². The van der Waals surface area contributed by atoms with E-state index in [-0.39, 0.29) is 5.91 Å². The van der Waals surface area contributed by atoms with Crippen molar-refractivity contribution < 1.29 is 4.79 Å². The number of thiazole rings is 1. The van der Waals surface area contributed by atoms with Gasteiger partial charge >= 0.3 is 0 Å². The van der Waals surface area contributed by atoms with Crippen molar-refractivity contribution in [3.8, 4) is 0 Å². The lowest BCUT2D eigenvalue weighted by Crippen LogP contribution is -2.48. The third kappa shape index (κ3) is 2.79. The minimum Gasteiger partial charge on any atom is -0.345 e. The number of carbonyl (C=O) groups is 1. The Hall–Kier alpha value is -1.63. The van der Waals surface area contributed by atoms with Gasteiger partial charge in [0, 0.05) is 31.2 Å². The Morgan fingerprint density at radius 2 is 2.00 bits per heavy atom. The maximum absolute atomic E-state index is 12.4. The van der Waals surface area contributed by atoms with Crippen molar-refractivity contribution in [3.05, 3.63) is 45.1 Å². The molecule has 3 aromatic rings. The number of hydrogen-bond acceptors (Lipinski definition) is 5. The van der Waals surface area contributed by atoms with Crippen LogP contribution in [-0.4, -0.2) is 42.0 Å². The first-order chi connectivity index (χ1) is 11.6. The molecule has 1 aliphatic heterocycles. The molecule has 1 amide bonds. The smallest absolute Gasteiger partial charge is 0.264 e. The number of halogens is 1. The van der Waals surface area contributed by atoms with Gasteiger partial charge < -0.3 is 9.80 Å². The fourth-order valence-corrected chi connectivity index (χ4v) is 4.80. The predicted octanol–water partition coefficient (Wildman–Crippen LogP) is 4.28. The van der Waals surface area contributed by atoms with Crippen LogP contribution in [0.2, 0.25) is 5.02 Å². The molecule has 0 unspecified atom stereocenters. The number of piperazine rings is 1. The van der Waals surface area contributed by atoms with E-state index in [1.54, 1.807) is 11.3 Å². The van der Waals surface area contributed by atoms with Crippen molar-refractivity contribution in [2.75, 3.05) is 31.1 Å². The molecule has 1 aliphatic rings. The van der Waals surface area contributed by atoms with Gasteiger partial charge in [0.2, 0.25) is 0 Å². The fourth-order valence-electron chi connectivity index (χ4n) is 2.88. The quantitative estimate of drug-likeness (QED) is 0.668. The molecule has 0 spiro atoms. The van der Waals surface area contributed by atoms with E-state index in [4.69, 9.17) is 16.6 Å². The second kappa shape index (κ2) is 6.35. The number of rotatable bonds is 2. The topological polar surface area (TPSA) is 36.4 Å². The standard InChI is InChI=1S/C17H16ClN3OS2/c1-11-12(18)4-5-13-15(11)19-17(24-13)21-8-6-20(7-9-21)16(22)14-3-2-10-23-14/h2-5,10H,6-9H2,1H3. The van der Waals surface area contributed by atoms with Crippen LogP contribution in [0.25, 0.3) is 10.2 Å². The monoisotopic (exact) mass is 377 g/mol. The molecule has 3 heterocycles. The van der Waals surface area contributed by atoms with Gasteiger partial charge in [-0.15, -0.1) is 11.3 Å².